The molecule has 0 spiro atoms. The van der Waals surface area contributed by atoms with E-state index in [2.05, 4.69) is 11.4 Å². The Kier molecular flexibility index (Phi) is 4.54. The number of nitrogens with zero attached hydrogens (tertiary/aromatic N) is 1. The minimum atomic E-state index is -0.988. The second-order valence-electron chi connectivity index (χ2n) is 4.77. The highest BCUT2D eigenvalue weighted by Gasteiger charge is 2.26. The number of carbonyl (C=O) groups excluding carboxylic acids is 1. The van der Waals surface area contributed by atoms with Gasteiger partial charge in [-0.25, -0.2) is 9.59 Å². The lowest BCUT2D eigenvalue weighted by atomic mass is 10.1. The van der Waals surface area contributed by atoms with Crippen molar-refractivity contribution in [2.75, 3.05) is 13.1 Å². The zero-order valence-electron chi connectivity index (χ0n) is 10.6. The van der Waals surface area contributed by atoms with Gasteiger partial charge in [0, 0.05) is 13.1 Å². The number of hydrogen-bond donors (Lipinski definition) is 2. The van der Waals surface area contributed by atoms with Gasteiger partial charge in [0.15, 0.2) is 0 Å². The monoisotopic (exact) mass is 240 g/mol. The maximum absolute atomic E-state index is 11.9. The van der Waals surface area contributed by atoms with Crippen molar-refractivity contribution in [1.82, 2.24) is 10.2 Å². The fourth-order valence-electron chi connectivity index (χ4n) is 1.82. The molecule has 96 valence electrons. The molecule has 0 aromatic carbocycles. The van der Waals surface area contributed by atoms with Crippen LogP contribution in [-0.2, 0) is 4.79 Å². The van der Waals surface area contributed by atoms with Crippen molar-refractivity contribution in [1.29, 1.82) is 0 Å². The van der Waals surface area contributed by atoms with Gasteiger partial charge in [-0.1, -0.05) is 25.5 Å². The van der Waals surface area contributed by atoms with Gasteiger partial charge in [-0.15, -0.1) is 0 Å². The summed E-state index contributed by atoms with van der Waals surface area (Å²) < 4.78 is 0. The Morgan fingerprint density at radius 2 is 2.12 bits per heavy atom. The molecule has 5 nitrogen and oxygen atoms in total. The molecule has 5 heteroatoms. The quantitative estimate of drug-likeness (QED) is 0.734. The zero-order chi connectivity index (χ0) is 13.0. The molecule has 17 heavy (non-hydrogen) atoms. The Morgan fingerprint density at radius 3 is 2.59 bits per heavy atom. The SMILES string of the molecule is CC1=CCCN(C(=O)N[C@H](C(=O)O)C(C)C)C1. The van der Waals surface area contributed by atoms with Gasteiger partial charge in [-0.05, 0) is 19.3 Å². The molecular weight excluding hydrogens is 220 g/mol. The van der Waals surface area contributed by atoms with Gasteiger partial charge in [-0.2, -0.15) is 0 Å². The van der Waals surface area contributed by atoms with E-state index in [0.29, 0.717) is 13.1 Å². The summed E-state index contributed by atoms with van der Waals surface area (Å²) >= 11 is 0. The molecule has 1 aliphatic rings. The van der Waals surface area contributed by atoms with E-state index in [0.717, 1.165) is 12.0 Å². The number of carbonyl (C=O) groups is 2. The molecule has 0 unspecified atom stereocenters. The Labute approximate surface area is 101 Å². The highest BCUT2D eigenvalue weighted by atomic mass is 16.4. The molecule has 0 radical (unpaired) electrons. The van der Waals surface area contributed by atoms with Gasteiger partial charge in [0.25, 0.3) is 0 Å². The molecule has 0 aliphatic carbocycles. The Balaban J connectivity index is 2.59. The van der Waals surface area contributed by atoms with Crippen LogP contribution in [0.5, 0.6) is 0 Å². The van der Waals surface area contributed by atoms with Crippen molar-refractivity contribution in [2.45, 2.75) is 33.2 Å². The van der Waals surface area contributed by atoms with Crippen LogP contribution in [0.1, 0.15) is 27.2 Å². The third-order valence-electron chi connectivity index (χ3n) is 2.83. The highest BCUT2D eigenvalue weighted by Crippen LogP contribution is 2.10. The fraction of sp³-hybridized carbons (Fsp3) is 0.667. The van der Waals surface area contributed by atoms with E-state index in [1.54, 1.807) is 18.7 Å². The summed E-state index contributed by atoms with van der Waals surface area (Å²) in [6.45, 7) is 6.75. The third kappa shape index (κ3) is 3.76. The van der Waals surface area contributed by atoms with E-state index < -0.39 is 12.0 Å². The predicted molar refractivity (Wildman–Crippen MR) is 64.7 cm³/mol. The summed E-state index contributed by atoms with van der Waals surface area (Å²) in [5, 5.41) is 11.6. The average Bonchev–Trinajstić information content (AvgIpc) is 2.24. The second-order valence-corrected chi connectivity index (χ2v) is 4.77. The van der Waals surface area contributed by atoms with E-state index >= 15 is 0 Å². The van der Waals surface area contributed by atoms with E-state index in [1.807, 2.05) is 6.92 Å². The number of hydrogen-bond acceptors (Lipinski definition) is 2. The van der Waals surface area contributed by atoms with Gasteiger partial charge in [-0.3, -0.25) is 0 Å². The van der Waals surface area contributed by atoms with E-state index in [1.165, 1.54) is 0 Å². The van der Waals surface area contributed by atoms with Crippen molar-refractivity contribution in [3.8, 4) is 0 Å². The minimum absolute atomic E-state index is 0.127. The van der Waals surface area contributed by atoms with Crippen LogP contribution in [0.25, 0.3) is 0 Å². The zero-order valence-corrected chi connectivity index (χ0v) is 10.6. The number of amides is 2. The lowest BCUT2D eigenvalue weighted by molar-refractivity contribution is -0.140. The first-order valence-electron chi connectivity index (χ1n) is 5.85. The smallest absolute Gasteiger partial charge is 0.326 e. The van der Waals surface area contributed by atoms with Crippen LogP contribution in [0.15, 0.2) is 11.6 Å². The van der Waals surface area contributed by atoms with Crippen molar-refractivity contribution >= 4 is 12.0 Å². The molecule has 0 aromatic rings. The normalized spacial score (nSPS) is 17.6. The standard InChI is InChI=1S/C12H20N2O3/c1-8(2)10(11(15)16)13-12(17)14-6-4-5-9(3)7-14/h5,8,10H,4,6-7H2,1-3H3,(H,13,17)(H,15,16)/t10-/m0/s1. The van der Waals surface area contributed by atoms with Crippen molar-refractivity contribution in [2.24, 2.45) is 5.92 Å². The van der Waals surface area contributed by atoms with Crippen LogP contribution in [-0.4, -0.2) is 41.1 Å². The number of nitrogens with one attached hydrogen (secondary N) is 1. The lowest BCUT2D eigenvalue weighted by Crippen LogP contribution is -2.51. The molecule has 1 atom stereocenters. The third-order valence-corrected chi connectivity index (χ3v) is 2.83. The molecule has 0 saturated carbocycles. The summed E-state index contributed by atoms with van der Waals surface area (Å²) in [5.74, 6) is -1.12. The van der Waals surface area contributed by atoms with Gasteiger partial charge in [0.1, 0.15) is 6.04 Å². The van der Waals surface area contributed by atoms with Crippen LogP contribution in [0.2, 0.25) is 0 Å². The van der Waals surface area contributed by atoms with E-state index in [9.17, 15) is 9.59 Å². The largest absolute Gasteiger partial charge is 0.480 e. The predicted octanol–water partition coefficient (Wildman–Crippen LogP) is 1.46. The van der Waals surface area contributed by atoms with E-state index in [-0.39, 0.29) is 11.9 Å². The van der Waals surface area contributed by atoms with E-state index in [4.69, 9.17) is 5.11 Å². The second kappa shape index (κ2) is 5.70. The van der Waals surface area contributed by atoms with Crippen LogP contribution in [0.4, 0.5) is 4.79 Å². The van der Waals surface area contributed by atoms with Crippen LogP contribution >= 0.6 is 0 Å². The summed E-state index contributed by atoms with van der Waals surface area (Å²) in [6.07, 6.45) is 2.93. The van der Waals surface area contributed by atoms with Gasteiger partial charge in [0.2, 0.25) is 0 Å². The Morgan fingerprint density at radius 1 is 1.47 bits per heavy atom. The molecule has 1 heterocycles. The van der Waals surface area contributed by atoms with Gasteiger partial charge >= 0.3 is 12.0 Å². The number of carboxylic acids is 1. The first-order valence-corrected chi connectivity index (χ1v) is 5.85. The maximum atomic E-state index is 11.9. The number of aliphatic carboxylic acids is 1. The lowest BCUT2D eigenvalue weighted by Gasteiger charge is -2.28. The highest BCUT2D eigenvalue weighted by molar-refractivity contribution is 5.83. The van der Waals surface area contributed by atoms with Crippen molar-refractivity contribution in [3.63, 3.8) is 0 Å². The van der Waals surface area contributed by atoms with Crippen molar-refractivity contribution in [3.05, 3.63) is 11.6 Å². The molecule has 1 rings (SSSR count). The van der Waals surface area contributed by atoms with Gasteiger partial charge in [0.05, 0.1) is 0 Å². The van der Waals surface area contributed by atoms with Gasteiger partial charge < -0.3 is 15.3 Å². The summed E-state index contributed by atoms with van der Waals surface area (Å²) in [5.41, 5.74) is 1.14. The number of carboxylic acid groups (broad SMARTS) is 1. The molecule has 0 fully saturated rings. The van der Waals surface area contributed by atoms with Crippen LogP contribution in [0.3, 0.4) is 0 Å². The first kappa shape index (κ1) is 13.5. The molecule has 0 aromatic heterocycles. The molecule has 1 aliphatic heterocycles. The minimum Gasteiger partial charge on any atom is -0.480 e. The van der Waals surface area contributed by atoms with Crippen LogP contribution in [0, 0.1) is 5.92 Å². The van der Waals surface area contributed by atoms with Crippen molar-refractivity contribution < 1.29 is 14.7 Å². The topological polar surface area (TPSA) is 69.6 Å². The Bertz CT molecular complexity index is 337. The molecule has 0 bridgehead atoms. The maximum Gasteiger partial charge on any atom is 0.326 e. The molecule has 2 amide bonds. The van der Waals surface area contributed by atoms with Crippen LogP contribution < -0.4 is 5.32 Å². The number of rotatable bonds is 3. The fourth-order valence-corrected chi connectivity index (χ4v) is 1.82. The molecule has 2 N–H and O–H groups in total. The molecular formula is C12H20N2O3. The first-order chi connectivity index (χ1) is 7.91. The Hall–Kier alpha value is -1.52. The summed E-state index contributed by atoms with van der Waals surface area (Å²) in [4.78, 5) is 24.5. The number of urea groups is 1. The summed E-state index contributed by atoms with van der Waals surface area (Å²) in [7, 11) is 0. The summed E-state index contributed by atoms with van der Waals surface area (Å²) in [6, 6.07) is -1.12. The molecule has 0 saturated heterocycles. The average molecular weight is 240 g/mol.